The summed E-state index contributed by atoms with van der Waals surface area (Å²) in [6.45, 7) is 0.781. The number of hydrogen-bond donors (Lipinski definition) is 2. The number of nitrogens with one attached hydrogen (secondary N) is 1. The van der Waals surface area contributed by atoms with Crippen molar-refractivity contribution in [3.05, 3.63) is 34.7 Å². The number of nitrogens with zero attached hydrogens (tertiary/aromatic N) is 3. The second-order valence-corrected chi connectivity index (χ2v) is 3.74. The molecular formula is C11H14N4O4. The Morgan fingerprint density at radius 2 is 1.95 bits per heavy atom. The molecule has 1 aromatic heterocycles. The largest absolute Gasteiger partial charge is 0.739 e. The summed E-state index contributed by atoms with van der Waals surface area (Å²) < 4.78 is 5.59. The molecule has 0 atom stereocenters. The van der Waals surface area contributed by atoms with E-state index in [4.69, 9.17) is 9.84 Å². The Hall–Kier alpha value is -2.19. The molecule has 0 aliphatic carbocycles. The summed E-state index contributed by atoms with van der Waals surface area (Å²) in [5.41, 5.74) is 0.450. The smallest absolute Gasteiger partial charge is 0.461 e. The zero-order valence-electron chi connectivity index (χ0n) is 10.2. The van der Waals surface area contributed by atoms with Gasteiger partial charge in [0.05, 0.1) is 26.4 Å². The van der Waals surface area contributed by atoms with Crippen LogP contribution in [-0.2, 0) is 4.74 Å². The van der Waals surface area contributed by atoms with E-state index in [0.717, 1.165) is 0 Å². The van der Waals surface area contributed by atoms with Crippen molar-refractivity contribution in [2.24, 2.45) is 0 Å². The minimum Gasteiger partial charge on any atom is -0.739 e. The molecule has 0 saturated heterocycles. The van der Waals surface area contributed by atoms with Gasteiger partial charge >= 0.3 is 5.95 Å². The molecule has 2 N–H and O–H groups in total. The normalized spacial score (nSPS) is 10.8. The number of fused-ring (bicyclic) bond motifs is 1. The highest BCUT2D eigenvalue weighted by molar-refractivity contribution is 5.67. The lowest BCUT2D eigenvalue weighted by molar-refractivity contribution is -0.672. The first-order valence-electron chi connectivity index (χ1n) is 5.78. The van der Waals surface area contributed by atoms with Gasteiger partial charge in [-0.25, -0.2) is 4.73 Å². The van der Waals surface area contributed by atoms with Crippen LogP contribution in [0.5, 0.6) is 0 Å². The van der Waals surface area contributed by atoms with Crippen LogP contribution in [0.3, 0.4) is 0 Å². The highest BCUT2D eigenvalue weighted by Crippen LogP contribution is 2.05. The molecule has 0 unspecified atom stereocenters. The van der Waals surface area contributed by atoms with E-state index >= 15 is 0 Å². The SMILES string of the molecule is [O-][n+]1nc(NCCOCCO)[n+]([O-])c2ccccc21. The molecule has 0 spiro atoms. The number of benzene rings is 1. The number of aliphatic hydroxyl groups is 1. The molecule has 0 saturated carbocycles. The molecule has 0 amide bonds. The third-order valence-electron chi connectivity index (χ3n) is 2.45. The minimum atomic E-state index is -0.0821. The second-order valence-electron chi connectivity index (χ2n) is 3.74. The minimum absolute atomic E-state index is 0.0592. The highest BCUT2D eigenvalue weighted by atomic mass is 16.5. The Morgan fingerprint density at radius 1 is 1.21 bits per heavy atom. The topological polar surface area (TPSA) is 108 Å². The third kappa shape index (κ3) is 2.98. The van der Waals surface area contributed by atoms with Crippen LogP contribution in [0.2, 0.25) is 0 Å². The predicted molar refractivity (Wildman–Crippen MR) is 66.1 cm³/mol. The first-order valence-corrected chi connectivity index (χ1v) is 5.78. The van der Waals surface area contributed by atoms with Crippen molar-refractivity contribution in [2.45, 2.75) is 0 Å². The van der Waals surface area contributed by atoms with Gasteiger partial charge in [-0.05, 0) is 6.07 Å². The van der Waals surface area contributed by atoms with Crippen LogP contribution in [0, 0.1) is 10.4 Å². The summed E-state index contributed by atoms with van der Waals surface area (Å²) in [6, 6.07) is 6.41. The maximum Gasteiger partial charge on any atom is 0.461 e. The lowest BCUT2D eigenvalue weighted by Crippen LogP contribution is -2.44. The van der Waals surface area contributed by atoms with E-state index in [0.29, 0.717) is 22.7 Å². The Bertz CT molecular complexity index is 564. The monoisotopic (exact) mass is 266 g/mol. The van der Waals surface area contributed by atoms with Crippen LogP contribution in [0.15, 0.2) is 24.3 Å². The molecule has 2 rings (SSSR count). The van der Waals surface area contributed by atoms with Crippen LogP contribution < -0.4 is 14.9 Å². The Morgan fingerprint density at radius 3 is 2.68 bits per heavy atom. The van der Waals surface area contributed by atoms with Crippen LogP contribution in [0.4, 0.5) is 5.95 Å². The third-order valence-corrected chi connectivity index (χ3v) is 2.45. The molecule has 2 aromatic rings. The molecule has 0 aliphatic rings. The lowest BCUT2D eigenvalue weighted by Gasteiger charge is -2.09. The summed E-state index contributed by atoms with van der Waals surface area (Å²) in [5, 5.41) is 38.5. The second kappa shape index (κ2) is 6.12. The van der Waals surface area contributed by atoms with E-state index < -0.39 is 0 Å². The fourth-order valence-electron chi connectivity index (χ4n) is 1.60. The molecule has 0 bridgehead atoms. The van der Waals surface area contributed by atoms with E-state index in [1.54, 1.807) is 18.2 Å². The molecule has 0 fully saturated rings. The summed E-state index contributed by atoms with van der Waals surface area (Å²) in [5.74, 6) is -0.0821. The van der Waals surface area contributed by atoms with Crippen molar-refractivity contribution >= 4 is 17.0 Å². The van der Waals surface area contributed by atoms with Crippen LogP contribution >= 0.6 is 0 Å². The molecule has 1 heterocycles. The lowest BCUT2D eigenvalue weighted by atomic mass is 10.3. The van der Waals surface area contributed by atoms with Crippen molar-refractivity contribution in [3.8, 4) is 0 Å². The first-order chi connectivity index (χ1) is 9.24. The van der Waals surface area contributed by atoms with Crippen molar-refractivity contribution < 1.29 is 19.4 Å². The maximum atomic E-state index is 12.0. The van der Waals surface area contributed by atoms with Gasteiger partial charge in [-0.15, -0.1) is 0 Å². The van der Waals surface area contributed by atoms with Crippen LogP contribution in [0.25, 0.3) is 11.0 Å². The first kappa shape index (κ1) is 13.2. The maximum absolute atomic E-state index is 12.0. The standard InChI is InChI=1S/C11H14N4O4/c16-6-8-19-7-5-12-11-13-15(18)10-4-2-1-3-9(10)14(11)17/h1-4,16H,5-8H2,(H,12,13). The van der Waals surface area contributed by atoms with E-state index in [-0.39, 0.29) is 30.2 Å². The predicted octanol–water partition coefficient (Wildman–Crippen LogP) is -1.08. The van der Waals surface area contributed by atoms with E-state index in [1.165, 1.54) is 6.07 Å². The Kier molecular flexibility index (Phi) is 4.26. The fraction of sp³-hybridized carbons (Fsp3) is 0.364. The molecule has 19 heavy (non-hydrogen) atoms. The van der Waals surface area contributed by atoms with Gasteiger partial charge in [0, 0.05) is 10.9 Å². The number of hydrogen-bond acceptors (Lipinski definition) is 6. The van der Waals surface area contributed by atoms with E-state index in [9.17, 15) is 10.4 Å². The van der Waals surface area contributed by atoms with Gasteiger partial charge in [0.25, 0.3) is 5.52 Å². The molecule has 0 radical (unpaired) electrons. The van der Waals surface area contributed by atoms with Gasteiger partial charge in [-0.1, -0.05) is 12.1 Å². The van der Waals surface area contributed by atoms with Gasteiger partial charge in [0.1, 0.15) is 0 Å². The Balaban J connectivity index is 2.13. The van der Waals surface area contributed by atoms with Gasteiger partial charge in [0.15, 0.2) is 5.52 Å². The molecule has 8 heteroatoms. The van der Waals surface area contributed by atoms with Gasteiger partial charge in [0.2, 0.25) is 5.10 Å². The van der Waals surface area contributed by atoms with Crippen molar-refractivity contribution in [1.29, 1.82) is 0 Å². The highest BCUT2D eigenvalue weighted by Gasteiger charge is 2.18. The number of ether oxygens (including phenoxy) is 1. The number of rotatable bonds is 6. The van der Waals surface area contributed by atoms with Crippen LogP contribution in [-0.4, -0.2) is 36.6 Å². The van der Waals surface area contributed by atoms with Crippen molar-refractivity contribution in [1.82, 2.24) is 5.10 Å². The number of aliphatic hydroxyl groups excluding tert-OH is 1. The zero-order valence-corrected chi connectivity index (χ0v) is 10.2. The average molecular weight is 266 g/mol. The summed E-state index contributed by atoms with van der Waals surface area (Å²) in [7, 11) is 0. The quantitative estimate of drug-likeness (QED) is 0.391. The van der Waals surface area contributed by atoms with Gasteiger partial charge in [-0.3, -0.25) is 5.32 Å². The molecule has 0 aliphatic heterocycles. The summed E-state index contributed by atoms with van der Waals surface area (Å²) in [6.07, 6.45) is 0. The number of anilines is 1. The Labute approximate surface area is 109 Å². The zero-order chi connectivity index (χ0) is 13.7. The molecule has 1 aromatic carbocycles. The number of aromatic nitrogens is 3. The molecular weight excluding hydrogens is 252 g/mol. The average Bonchev–Trinajstić information content (AvgIpc) is 2.44. The molecule has 8 nitrogen and oxygen atoms in total. The summed E-state index contributed by atoms with van der Waals surface area (Å²) >= 11 is 0. The van der Waals surface area contributed by atoms with E-state index in [1.807, 2.05) is 0 Å². The number of para-hydroxylation sites is 2. The van der Waals surface area contributed by atoms with Crippen molar-refractivity contribution in [2.75, 3.05) is 31.7 Å². The fourth-order valence-corrected chi connectivity index (χ4v) is 1.60. The van der Waals surface area contributed by atoms with Gasteiger partial charge in [-0.2, -0.15) is 0 Å². The van der Waals surface area contributed by atoms with Crippen LogP contribution in [0.1, 0.15) is 0 Å². The van der Waals surface area contributed by atoms with Gasteiger partial charge < -0.3 is 20.3 Å². The summed E-state index contributed by atoms with van der Waals surface area (Å²) in [4.78, 5) is 0.403. The van der Waals surface area contributed by atoms with E-state index in [2.05, 4.69) is 10.4 Å². The van der Waals surface area contributed by atoms with Crippen molar-refractivity contribution in [3.63, 3.8) is 0 Å². The molecule has 102 valence electrons.